The first kappa shape index (κ1) is 10.3. The molecule has 0 atom stereocenters. The molecule has 0 aliphatic rings. The summed E-state index contributed by atoms with van der Waals surface area (Å²) in [5, 5.41) is 0.587. The smallest absolute Gasteiger partial charge is 0.194 e. The summed E-state index contributed by atoms with van der Waals surface area (Å²) in [6.07, 6.45) is 0. The van der Waals surface area contributed by atoms with E-state index in [1.807, 2.05) is 19.6 Å². The van der Waals surface area contributed by atoms with E-state index in [9.17, 15) is 13.2 Å². The fourth-order valence-corrected chi connectivity index (χ4v) is 2.11. The minimum atomic E-state index is -1.77. The number of rotatable bonds is 1. The first-order valence-electron chi connectivity index (χ1n) is 3.97. The molecule has 0 aliphatic heterocycles. The third kappa shape index (κ3) is 2.12. The van der Waals surface area contributed by atoms with Crippen LogP contribution in [0.5, 0.6) is 0 Å². The van der Waals surface area contributed by atoms with E-state index in [0.29, 0.717) is 5.19 Å². The van der Waals surface area contributed by atoms with Gasteiger partial charge in [-0.3, -0.25) is 0 Å². The van der Waals surface area contributed by atoms with Crippen molar-refractivity contribution >= 4 is 13.3 Å². The average Bonchev–Trinajstić information content (AvgIpc) is 1.97. The van der Waals surface area contributed by atoms with Crippen LogP contribution in [-0.4, -0.2) is 8.07 Å². The highest BCUT2D eigenvalue weighted by Crippen LogP contribution is 2.11. The van der Waals surface area contributed by atoms with Crippen LogP contribution in [0.15, 0.2) is 12.1 Å². The lowest BCUT2D eigenvalue weighted by molar-refractivity contribution is 0.448. The minimum absolute atomic E-state index is 0.587. The van der Waals surface area contributed by atoms with Crippen molar-refractivity contribution in [1.82, 2.24) is 0 Å². The van der Waals surface area contributed by atoms with Crippen LogP contribution in [0.1, 0.15) is 0 Å². The number of halogens is 3. The zero-order chi connectivity index (χ0) is 10.2. The summed E-state index contributed by atoms with van der Waals surface area (Å²) in [5.41, 5.74) is 0. The van der Waals surface area contributed by atoms with Crippen LogP contribution in [-0.2, 0) is 0 Å². The fraction of sp³-hybridized carbons (Fsp3) is 0.333. The largest absolute Gasteiger partial charge is 0.204 e. The van der Waals surface area contributed by atoms with Gasteiger partial charge < -0.3 is 0 Å². The van der Waals surface area contributed by atoms with Gasteiger partial charge in [0.05, 0.1) is 8.07 Å². The van der Waals surface area contributed by atoms with E-state index in [1.165, 1.54) is 0 Å². The summed E-state index contributed by atoms with van der Waals surface area (Å²) in [4.78, 5) is 0. The van der Waals surface area contributed by atoms with Gasteiger partial charge in [0.15, 0.2) is 17.5 Å². The van der Waals surface area contributed by atoms with E-state index in [1.54, 1.807) is 0 Å². The molecule has 0 saturated carbocycles. The van der Waals surface area contributed by atoms with Gasteiger partial charge in [-0.05, 0) is 12.1 Å². The Morgan fingerprint density at radius 2 is 1.31 bits per heavy atom. The van der Waals surface area contributed by atoms with E-state index in [2.05, 4.69) is 0 Å². The zero-order valence-electron chi connectivity index (χ0n) is 7.79. The van der Waals surface area contributed by atoms with Crippen LogP contribution < -0.4 is 5.19 Å². The Morgan fingerprint density at radius 3 is 1.62 bits per heavy atom. The standard InChI is InChI=1S/C9H11F3Si/c1-13(2,3)6-4-7(10)9(12)8(11)5-6/h4-5H,1-3H3. The third-order valence-corrected chi connectivity index (χ3v) is 3.87. The van der Waals surface area contributed by atoms with Crippen molar-refractivity contribution in [3.63, 3.8) is 0 Å². The SMILES string of the molecule is C[Si](C)(C)c1cc(F)c(F)c(F)c1. The third-order valence-electron chi connectivity index (χ3n) is 1.85. The Kier molecular flexibility index (Phi) is 2.52. The van der Waals surface area contributed by atoms with E-state index in [0.717, 1.165) is 12.1 Å². The van der Waals surface area contributed by atoms with E-state index in [-0.39, 0.29) is 0 Å². The van der Waals surface area contributed by atoms with Crippen molar-refractivity contribution in [2.24, 2.45) is 0 Å². The van der Waals surface area contributed by atoms with Gasteiger partial charge >= 0.3 is 0 Å². The average molecular weight is 204 g/mol. The van der Waals surface area contributed by atoms with Gasteiger partial charge in [0.1, 0.15) is 0 Å². The van der Waals surface area contributed by atoms with Crippen LogP contribution in [0.4, 0.5) is 13.2 Å². The van der Waals surface area contributed by atoms with Crippen LogP contribution in [0.3, 0.4) is 0 Å². The second-order valence-electron chi connectivity index (χ2n) is 4.00. The van der Waals surface area contributed by atoms with Gasteiger partial charge in [0.25, 0.3) is 0 Å². The normalized spacial score (nSPS) is 11.8. The molecule has 0 amide bonds. The van der Waals surface area contributed by atoms with Crippen molar-refractivity contribution in [2.45, 2.75) is 19.6 Å². The Balaban J connectivity index is 3.29. The minimum Gasteiger partial charge on any atom is -0.204 e. The summed E-state index contributed by atoms with van der Waals surface area (Å²) < 4.78 is 38.1. The van der Waals surface area contributed by atoms with E-state index in [4.69, 9.17) is 0 Å². The second kappa shape index (κ2) is 3.18. The molecule has 0 spiro atoms. The van der Waals surface area contributed by atoms with Crippen molar-refractivity contribution in [3.8, 4) is 0 Å². The van der Waals surface area contributed by atoms with Gasteiger partial charge in [-0.15, -0.1) is 0 Å². The molecular weight excluding hydrogens is 193 g/mol. The van der Waals surface area contributed by atoms with Gasteiger partial charge in [-0.25, -0.2) is 13.2 Å². The fourth-order valence-electron chi connectivity index (χ4n) is 0.989. The zero-order valence-corrected chi connectivity index (χ0v) is 8.79. The first-order valence-corrected chi connectivity index (χ1v) is 7.47. The molecular formula is C9H11F3Si. The summed E-state index contributed by atoms with van der Waals surface area (Å²) in [6.45, 7) is 5.83. The molecule has 1 rings (SSSR count). The van der Waals surface area contributed by atoms with Crippen LogP contribution in [0, 0.1) is 17.5 Å². The topological polar surface area (TPSA) is 0 Å². The van der Waals surface area contributed by atoms with Crippen LogP contribution in [0.25, 0.3) is 0 Å². The highest BCUT2D eigenvalue weighted by atomic mass is 28.3. The summed E-state index contributed by atoms with van der Waals surface area (Å²) in [6, 6.07) is 2.18. The summed E-state index contributed by atoms with van der Waals surface area (Å²) >= 11 is 0. The molecule has 0 aromatic heterocycles. The molecule has 0 fully saturated rings. The maximum Gasteiger partial charge on any atom is 0.194 e. The molecule has 0 heterocycles. The Morgan fingerprint density at radius 1 is 0.923 bits per heavy atom. The molecule has 13 heavy (non-hydrogen) atoms. The highest BCUT2D eigenvalue weighted by molar-refractivity contribution is 6.88. The van der Waals surface area contributed by atoms with Crippen LogP contribution >= 0.6 is 0 Å². The molecule has 0 bridgehead atoms. The predicted molar refractivity (Wildman–Crippen MR) is 49.3 cm³/mol. The highest BCUT2D eigenvalue weighted by Gasteiger charge is 2.20. The maximum atomic E-state index is 12.8. The Labute approximate surface area is 76.4 Å². The van der Waals surface area contributed by atoms with Crippen molar-refractivity contribution < 1.29 is 13.2 Å². The number of hydrogen-bond donors (Lipinski definition) is 0. The van der Waals surface area contributed by atoms with Crippen LogP contribution in [0.2, 0.25) is 19.6 Å². The summed E-state index contributed by atoms with van der Waals surface area (Å²) in [5.74, 6) is -3.59. The Bertz CT molecular complexity index is 305. The lowest BCUT2D eigenvalue weighted by atomic mass is 10.3. The van der Waals surface area contributed by atoms with Gasteiger partial charge in [-0.1, -0.05) is 24.8 Å². The van der Waals surface area contributed by atoms with E-state index < -0.39 is 25.5 Å². The molecule has 4 heteroatoms. The number of hydrogen-bond acceptors (Lipinski definition) is 0. The van der Waals surface area contributed by atoms with Gasteiger partial charge in [0, 0.05) is 0 Å². The monoisotopic (exact) mass is 204 g/mol. The Hall–Kier alpha value is -0.773. The van der Waals surface area contributed by atoms with Gasteiger partial charge in [-0.2, -0.15) is 0 Å². The quantitative estimate of drug-likeness (QED) is 0.487. The van der Waals surface area contributed by atoms with E-state index >= 15 is 0 Å². The molecule has 0 unspecified atom stereocenters. The molecule has 0 nitrogen and oxygen atoms in total. The molecule has 0 radical (unpaired) electrons. The molecule has 1 aromatic carbocycles. The van der Waals surface area contributed by atoms with Crippen molar-refractivity contribution in [3.05, 3.63) is 29.6 Å². The lowest BCUT2D eigenvalue weighted by Crippen LogP contribution is -2.38. The molecule has 0 aliphatic carbocycles. The molecule has 0 saturated heterocycles. The van der Waals surface area contributed by atoms with Crippen molar-refractivity contribution in [2.75, 3.05) is 0 Å². The van der Waals surface area contributed by atoms with Gasteiger partial charge in [0.2, 0.25) is 0 Å². The molecule has 0 N–H and O–H groups in total. The molecule has 1 aromatic rings. The lowest BCUT2D eigenvalue weighted by Gasteiger charge is -2.16. The second-order valence-corrected chi connectivity index (χ2v) is 9.08. The predicted octanol–water partition coefficient (Wildman–Crippen LogP) is 2.65. The molecule has 72 valence electrons. The summed E-state index contributed by atoms with van der Waals surface area (Å²) in [7, 11) is -1.77. The number of benzene rings is 1. The maximum absolute atomic E-state index is 12.8. The first-order chi connectivity index (χ1) is 5.82. The van der Waals surface area contributed by atoms with Crippen molar-refractivity contribution in [1.29, 1.82) is 0 Å².